The largest absolute Gasteiger partial charge is 0.444 e. The molecule has 4 rings (SSSR count). The SMILES string of the molecule is O=C(Cc1coc(-c2ccccc2)n1)Nc1ccccc1Cc1ccccc1. The zero-order valence-electron chi connectivity index (χ0n) is 15.3. The quantitative estimate of drug-likeness (QED) is 0.514. The van der Waals surface area contributed by atoms with E-state index in [1.54, 1.807) is 0 Å². The average Bonchev–Trinajstić information content (AvgIpc) is 3.19. The summed E-state index contributed by atoms with van der Waals surface area (Å²) in [5.74, 6) is 0.404. The maximum absolute atomic E-state index is 12.5. The van der Waals surface area contributed by atoms with Gasteiger partial charge in [0.15, 0.2) is 0 Å². The number of hydrogen-bond acceptors (Lipinski definition) is 3. The van der Waals surface area contributed by atoms with E-state index in [0.717, 1.165) is 23.2 Å². The molecule has 0 bridgehead atoms. The fourth-order valence-corrected chi connectivity index (χ4v) is 3.07. The van der Waals surface area contributed by atoms with Gasteiger partial charge in [-0.25, -0.2) is 4.98 Å². The molecule has 0 atom stereocenters. The number of carbonyl (C=O) groups excluding carboxylic acids is 1. The molecule has 1 N–H and O–H groups in total. The number of carbonyl (C=O) groups is 1. The number of anilines is 1. The minimum atomic E-state index is -0.117. The van der Waals surface area contributed by atoms with Crippen molar-refractivity contribution in [3.05, 3.63) is 108 Å². The molecule has 138 valence electrons. The Morgan fingerprint density at radius 3 is 2.32 bits per heavy atom. The van der Waals surface area contributed by atoms with Gasteiger partial charge in [-0.2, -0.15) is 0 Å². The van der Waals surface area contributed by atoms with Crippen molar-refractivity contribution in [2.45, 2.75) is 12.8 Å². The number of aromatic nitrogens is 1. The van der Waals surface area contributed by atoms with Gasteiger partial charge in [0.2, 0.25) is 11.8 Å². The van der Waals surface area contributed by atoms with Gasteiger partial charge in [0.1, 0.15) is 6.26 Å². The molecule has 0 spiro atoms. The van der Waals surface area contributed by atoms with Crippen molar-refractivity contribution in [3.63, 3.8) is 0 Å². The molecule has 0 unspecified atom stereocenters. The number of amides is 1. The van der Waals surface area contributed by atoms with Crippen LogP contribution >= 0.6 is 0 Å². The summed E-state index contributed by atoms with van der Waals surface area (Å²) in [5.41, 5.74) is 4.60. The smallest absolute Gasteiger partial charge is 0.230 e. The van der Waals surface area contributed by atoms with Crippen molar-refractivity contribution in [3.8, 4) is 11.5 Å². The van der Waals surface area contributed by atoms with Crippen LogP contribution in [0.1, 0.15) is 16.8 Å². The predicted molar refractivity (Wildman–Crippen MR) is 110 cm³/mol. The molecule has 0 fully saturated rings. The summed E-state index contributed by atoms with van der Waals surface area (Å²) in [6.07, 6.45) is 2.47. The first-order chi connectivity index (χ1) is 13.8. The van der Waals surface area contributed by atoms with Gasteiger partial charge < -0.3 is 9.73 Å². The van der Waals surface area contributed by atoms with Crippen LogP contribution in [0.5, 0.6) is 0 Å². The Kier molecular flexibility index (Phi) is 5.29. The van der Waals surface area contributed by atoms with Crippen LogP contribution in [0.2, 0.25) is 0 Å². The van der Waals surface area contributed by atoms with Crippen molar-refractivity contribution in [1.29, 1.82) is 0 Å². The Morgan fingerprint density at radius 1 is 0.857 bits per heavy atom. The standard InChI is InChI=1S/C24H20N2O2/c27-23(16-21-17-28-24(25-21)19-11-5-2-6-12-19)26-22-14-8-7-13-20(22)15-18-9-3-1-4-10-18/h1-14,17H,15-16H2,(H,26,27). The van der Waals surface area contributed by atoms with E-state index in [2.05, 4.69) is 22.4 Å². The highest BCUT2D eigenvalue weighted by molar-refractivity contribution is 5.92. The molecule has 0 aliphatic rings. The topological polar surface area (TPSA) is 55.1 Å². The van der Waals surface area contributed by atoms with Crippen molar-refractivity contribution in [2.75, 3.05) is 5.32 Å². The molecule has 0 saturated carbocycles. The third-order valence-electron chi connectivity index (χ3n) is 4.44. The molecule has 1 aromatic heterocycles. The number of rotatable bonds is 6. The predicted octanol–water partition coefficient (Wildman–Crippen LogP) is 5.11. The van der Waals surface area contributed by atoms with Gasteiger partial charge in [-0.1, -0.05) is 66.7 Å². The van der Waals surface area contributed by atoms with Gasteiger partial charge in [0.25, 0.3) is 0 Å². The van der Waals surface area contributed by atoms with E-state index < -0.39 is 0 Å². The van der Waals surface area contributed by atoms with Crippen molar-refractivity contribution >= 4 is 11.6 Å². The van der Waals surface area contributed by atoms with E-state index in [9.17, 15) is 4.79 Å². The number of para-hydroxylation sites is 1. The van der Waals surface area contributed by atoms with Crippen LogP contribution in [0.15, 0.2) is 95.6 Å². The van der Waals surface area contributed by atoms with Gasteiger partial charge in [0, 0.05) is 11.3 Å². The summed E-state index contributed by atoms with van der Waals surface area (Å²) >= 11 is 0. The van der Waals surface area contributed by atoms with Crippen LogP contribution in [-0.2, 0) is 17.6 Å². The molecule has 1 heterocycles. The summed E-state index contributed by atoms with van der Waals surface area (Å²) in [7, 11) is 0. The van der Waals surface area contributed by atoms with Crippen LogP contribution in [0.4, 0.5) is 5.69 Å². The first kappa shape index (κ1) is 17.7. The van der Waals surface area contributed by atoms with Gasteiger partial charge in [-0.05, 0) is 35.7 Å². The molecule has 0 radical (unpaired) electrons. The molecule has 28 heavy (non-hydrogen) atoms. The summed E-state index contributed by atoms with van der Waals surface area (Å²) in [5, 5.41) is 3.01. The zero-order valence-corrected chi connectivity index (χ0v) is 15.3. The lowest BCUT2D eigenvalue weighted by Gasteiger charge is -2.11. The van der Waals surface area contributed by atoms with E-state index in [-0.39, 0.29) is 12.3 Å². The van der Waals surface area contributed by atoms with Crippen molar-refractivity contribution in [1.82, 2.24) is 4.98 Å². The second-order valence-electron chi connectivity index (χ2n) is 6.55. The fourth-order valence-electron chi connectivity index (χ4n) is 3.07. The van der Waals surface area contributed by atoms with Crippen molar-refractivity contribution in [2.24, 2.45) is 0 Å². The monoisotopic (exact) mass is 368 g/mol. The van der Waals surface area contributed by atoms with Crippen LogP contribution < -0.4 is 5.32 Å². The molecule has 0 saturated heterocycles. The van der Waals surface area contributed by atoms with Crippen LogP contribution in [-0.4, -0.2) is 10.9 Å². The highest BCUT2D eigenvalue weighted by atomic mass is 16.3. The third kappa shape index (κ3) is 4.35. The Morgan fingerprint density at radius 2 is 1.54 bits per heavy atom. The highest BCUT2D eigenvalue weighted by Gasteiger charge is 2.12. The second kappa shape index (κ2) is 8.35. The van der Waals surface area contributed by atoms with E-state index >= 15 is 0 Å². The number of hydrogen-bond donors (Lipinski definition) is 1. The van der Waals surface area contributed by atoms with Crippen LogP contribution in [0.3, 0.4) is 0 Å². The number of oxazole rings is 1. The molecule has 3 aromatic carbocycles. The lowest BCUT2D eigenvalue weighted by molar-refractivity contribution is -0.115. The maximum Gasteiger partial charge on any atom is 0.230 e. The van der Waals surface area contributed by atoms with Crippen molar-refractivity contribution < 1.29 is 9.21 Å². The summed E-state index contributed by atoms with van der Waals surface area (Å²) < 4.78 is 5.51. The minimum absolute atomic E-state index is 0.117. The Bertz CT molecular complexity index is 1060. The Balaban J connectivity index is 1.44. The van der Waals surface area contributed by atoms with E-state index in [4.69, 9.17) is 4.42 Å². The number of nitrogens with one attached hydrogen (secondary N) is 1. The summed E-state index contributed by atoms with van der Waals surface area (Å²) in [6, 6.07) is 27.7. The molecule has 0 aliphatic carbocycles. The van der Waals surface area contributed by atoms with Crippen LogP contribution in [0, 0.1) is 0 Å². The molecule has 4 aromatic rings. The highest BCUT2D eigenvalue weighted by Crippen LogP contribution is 2.21. The molecule has 0 aliphatic heterocycles. The lowest BCUT2D eigenvalue weighted by atomic mass is 10.0. The van der Waals surface area contributed by atoms with E-state index in [1.807, 2.05) is 72.8 Å². The molecular weight excluding hydrogens is 348 g/mol. The Hall–Kier alpha value is -3.66. The first-order valence-electron chi connectivity index (χ1n) is 9.19. The molecule has 1 amide bonds. The third-order valence-corrected chi connectivity index (χ3v) is 4.44. The van der Waals surface area contributed by atoms with Gasteiger partial charge in [0.05, 0.1) is 12.1 Å². The first-order valence-corrected chi connectivity index (χ1v) is 9.19. The number of benzene rings is 3. The van der Waals surface area contributed by atoms with Gasteiger partial charge >= 0.3 is 0 Å². The zero-order chi connectivity index (χ0) is 19.2. The maximum atomic E-state index is 12.5. The van der Waals surface area contributed by atoms with Crippen LogP contribution in [0.25, 0.3) is 11.5 Å². The summed E-state index contributed by atoms with van der Waals surface area (Å²) in [6.45, 7) is 0. The molecule has 4 heteroatoms. The second-order valence-corrected chi connectivity index (χ2v) is 6.55. The van der Waals surface area contributed by atoms with Gasteiger partial charge in [-0.3, -0.25) is 4.79 Å². The Labute approximate surface area is 163 Å². The average molecular weight is 368 g/mol. The minimum Gasteiger partial charge on any atom is -0.444 e. The fraction of sp³-hybridized carbons (Fsp3) is 0.0833. The molecular formula is C24H20N2O2. The lowest BCUT2D eigenvalue weighted by Crippen LogP contribution is -2.16. The van der Waals surface area contributed by atoms with E-state index in [0.29, 0.717) is 11.6 Å². The molecule has 4 nitrogen and oxygen atoms in total. The van der Waals surface area contributed by atoms with Gasteiger partial charge in [-0.15, -0.1) is 0 Å². The van der Waals surface area contributed by atoms with E-state index in [1.165, 1.54) is 11.8 Å². The number of nitrogens with zero attached hydrogens (tertiary/aromatic N) is 1. The summed E-state index contributed by atoms with van der Waals surface area (Å²) in [4.78, 5) is 17.0. The normalized spacial score (nSPS) is 10.6.